The van der Waals surface area contributed by atoms with Crippen LogP contribution in [0.4, 0.5) is 0 Å². The van der Waals surface area contributed by atoms with E-state index in [0.29, 0.717) is 19.8 Å². The Kier molecular flexibility index (Phi) is 4.08. The third-order valence-electron chi connectivity index (χ3n) is 5.04. The molecule has 2 saturated heterocycles. The van der Waals surface area contributed by atoms with Crippen LogP contribution in [0.2, 0.25) is 0 Å². The highest BCUT2D eigenvalue weighted by molar-refractivity contribution is 5.84. The van der Waals surface area contributed by atoms with E-state index in [1.165, 1.54) is 0 Å². The summed E-state index contributed by atoms with van der Waals surface area (Å²) in [5, 5.41) is 3.06. The first-order valence-electron chi connectivity index (χ1n) is 8.26. The van der Waals surface area contributed by atoms with Crippen molar-refractivity contribution in [1.82, 2.24) is 15.2 Å². The standard InChI is InChI=1S/C18H21N3O3/c22-17(20-7-16-3-1-2-5-19-16)18-12-21(8-14-4-6-23-10-14)9-15(18)11-24-13-18/h1-6,10,15H,7-9,11-13H2,(H,20,22)/t15-,18-/m1/s1. The maximum absolute atomic E-state index is 12.9. The van der Waals surface area contributed by atoms with Crippen LogP contribution < -0.4 is 5.32 Å². The summed E-state index contributed by atoms with van der Waals surface area (Å²) in [7, 11) is 0. The van der Waals surface area contributed by atoms with Crippen LogP contribution in [-0.2, 0) is 22.6 Å². The zero-order valence-electron chi connectivity index (χ0n) is 13.5. The van der Waals surface area contributed by atoms with Gasteiger partial charge in [-0.1, -0.05) is 6.07 Å². The summed E-state index contributed by atoms with van der Waals surface area (Å²) in [6.07, 6.45) is 5.19. The van der Waals surface area contributed by atoms with Crippen LogP contribution in [0.25, 0.3) is 0 Å². The quantitative estimate of drug-likeness (QED) is 0.900. The van der Waals surface area contributed by atoms with Gasteiger partial charge in [0.15, 0.2) is 0 Å². The summed E-state index contributed by atoms with van der Waals surface area (Å²) in [6.45, 7) is 4.00. The Morgan fingerprint density at radius 2 is 2.38 bits per heavy atom. The number of amides is 1. The average Bonchev–Trinajstić information content (AvgIpc) is 3.30. The first-order chi connectivity index (χ1) is 11.8. The highest BCUT2D eigenvalue weighted by Gasteiger charge is 2.55. The molecule has 0 spiro atoms. The molecule has 0 unspecified atom stereocenters. The molecule has 2 aromatic heterocycles. The predicted molar refractivity (Wildman–Crippen MR) is 86.8 cm³/mol. The van der Waals surface area contributed by atoms with E-state index < -0.39 is 5.41 Å². The van der Waals surface area contributed by atoms with Crippen molar-refractivity contribution in [3.63, 3.8) is 0 Å². The number of carbonyl (C=O) groups is 1. The van der Waals surface area contributed by atoms with E-state index in [9.17, 15) is 4.79 Å². The van der Waals surface area contributed by atoms with Crippen LogP contribution in [0.1, 0.15) is 11.3 Å². The Bertz CT molecular complexity index is 689. The van der Waals surface area contributed by atoms with Gasteiger partial charge in [-0.15, -0.1) is 0 Å². The molecule has 126 valence electrons. The van der Waals surface area contributed by atoms with E-state index in [1.807, 2.05) is 24.3 Å². The van der Waals surface area contributed by atoms with Gasteiger partial charge >= 0.3 is 0 Å². The molecule has 4 heterocycles. The molecule has 6 heteroatoms. The summed E-state index contributed by atoms with van der Waals surface area (Å²) in [4.78, 5) is 19.5. The van der Waals surface area contributed by atoms with Crippen molar-refractivity contribution in [2.75, 3.05) is 26.3 Å². The van der Waals surface area contributed by atoms with Crippen LogP contribution in [0.3, 0.4) is 0 Å². The fourth-order valence-corrected chi connectivity index (χ4v) is 3.77. The van der Waals surface area contributed by atoms with Gasteiger partial charge < -0.3 is 14.5 Å². The molecule has 2 aliphatic rings. The van der Waals surface area contributed by atoms with E-state index in [4.69, 9.17) is 9.15 Å². The van der Waals surface area contributed by atoms with Gasteiger partial charge in [0, 0.05) is 37.3 Å². The van der Waals surface area contributed by atoms with Gasteiger partial charge in [0.05, 0.1) is 43.4 Å². The monoisotopic (exact) mass is 327 g/mol. The number of aromatic nitrogens is 1. The first kappa shape index (κ1) is 15.4. The van der Waals surface area contributed by atoms with E-state index >= 15 is 0 Å². The maximum Gasteiger partial charge on any atom is 0.230 e. The lowest BCUT2D eigenvalue weighted by Gasteiger charge is -2.26. The zero-order chi connectivity index (χ0) is 16.4. The van der Waals surface area contributed by atoms with Crippen molar-refractivity contribution in [1.29, 1.82) is 0 Å². The smallest absolute Gasteiger partial charge is 0.230 e. The minimum atomic E-state index is -0.446. The molecule has 2 aliphatic heterocycles. The normalized spacial score (nSPS) is 26.4. The lowest BCUT2D eigenvalue weighted by atomic mass is 9.80. The van der Waals surface area contributed by atoms with Crippen LogP contribution in [-0.4, -0.2) is 42.1 Å². The fourth-order valence-electron chi connectivity index (χ4n) is 3.77. The van der Waals surface area contributed by atoms with Crippen LogP contribution >= 0.6 is 0 Å². The molecular weight excluding hydrogens is 306 g/mol. The molecular formula is C18H21N3O3. The van der Waals surface area contributed by atoms with E-state index in [0.717, 1.165) is 30.9 Å². The molecule has 0 radical (unpaired) electrons. The number of fused-ring (bicyclic) bond motifs is 1. The highest BCUT2D eigenvalue weighted by Crippen LogP contribution is 2.42. The largest absolute Gasteiger partial charge is 0.472 e. The molecule has 2 aromatic rings. The van der Waals surface area contributed by atoms with Crippen molar-refractivity contribution < 1.29 is 13.9 Å². The molecule has 2 fully saturated rings. The Hall–Kier alpha value is -2.18. The van der Waals surface area contributed by atoms with Gasteiger partial charge in [-0.05, 0) is 18.2 Å². The van der Waals surface area contributed by atoms with Crippen LogP contribution in [0.5, 0.6) is 0 Å². The Labute approximate surface area is 140 Å². The van der Waals surface area contributed by atoms with Gasteiger partial charge in [0.2, 0.25) is 5.91 Å². The average molecular weight is 327 g/mol. The van der Waals surface area contributed by atoms with Crippen molar-refractivity contribution in [3.8, 4) is 0 Å². The summed E-state index contributed by atoms with van der Waals surface area (Å²) in [6, 6.07) is 7.69. The summed E-state index contributed by atoms with van der Waals surface area (Å²) in [5.74, 6) is 0.318. The number of likely N-dealkylation sites (tertiary alicyclic amines) is 1. The highest BCUT2D eigenvalue weighted by atomic mass is 16.5. The summed E-state index contributed by atoms with van der Waals surface area (Å²) < 4.78 is 10.8. The number of pyridine rings is 1. The molecule has 0 saturated carbocycles. The topological polar surface area (TPSA) is 67.6 Å². The molecule has 24 heavy (non-hydrogen) atoms. The summed E-state index contributed by atoms with van der Waals surface area (Å²) in [5.41, 5.74) is 1.56. The molecule has 0 aromatic carbocycles. The molecule has 2 atom stereocenters. The second-order valence-electron chi connectivity index (χ2n) is 6.67. The number of carbonyl (C=O) groups excluding carboxylic acids is 1. The second-order valence-corrected chi connectivity index (χ2v) is 6.67. The van der Waals surface area contributed by atoms with Gasteiger partial charge in [0.25, 0.3) is 0 Å². The number of nitrogens with zero attached hydrogens (tertiary/aromatic N) is 2. The number of hydrogen-bond acceptors (Lipinski definition) is 5. The third-order valence-corrected chi connectivity index (χ3v) is 5.04. The molecule has 4 rings (SSSR count). The summed E-state index contributed by atoms with van der Waals surface area (Å²) >= 11 is 0. The third kappa shape index (κ3) is 2.83. The Morgan fingerprint density at radius 3 is 3.17 bits per heavy atom. The van der Waals surface area contributed by atoms with Crippen molar-refractivity contribution in [2.45, 2.75) is 13.1 Å². The lowest BCUT2D eigenvalue weighted by molar-refractivity contribution is -0.131. The Balaban J connectivity index is 1.42. The predicted octanol–water partition coefficient (Wildman–Crippen LogP) is 1.44. The minimum Gasteiger partial charge on any atom is -0.472 e. The molecule has 0 bridgehead atoms. The molecule has 6 nitrogen and oxygen atoms in total. The fraction of sp³-hybridized carbons (Fsp3) is 0.444. The maximum atomic E-state index is 12.9. The number of ether oxygens (including phenoxy) is 1. The Morgan fingerprint density at radius 1 is 1.42 bits per heavy atom. The number of hydrogen-bond donors (Lipinski definition) is 1. The number of rotatable bonds is 5. The zero-order valence-corrected chi connectivity index (χ0v) is 13.5. The molecule has 0 aliphatic carbocycles. The van der Waals surface area contributed by atoms with Crippen LogP contribution in [0.15, 0.2) is 47.4 Å². The van der Waals surface area contributed by atoms with Gasteiger partial charge in [-0.25, -0.2) is 0 Å². The molecule has 1 amide bonds. The van der Waals surface area contributed by atoms with Crippen molar-refractivity contribution in [3.05, 3.63) is 54.2 Å². The van der Waals surface area contributed by atoms with Gasteiger partial charge in [-0.3, -0.25) is 14.7 Å². The van der Waals surface area contributed by atoms with E-state index in [1.54, 1.807) is 18.7 Å². The lowest BCUT2D eigenvalue weighted by Crippen LogP contribution is -2.46. The number of nitrogens with one attached hydrogen (secondary N) is 1. The minimum absolute atomic E-state index is 0.0744. The SMILES string of the molecule is O=C(NCc1ccccn1)[C@]12COC[C@H]1CN(Cc1ccoc1)C2. The van der Waals surface area contributed by atoms with Crippen molar-refractivity contribution in [2.24, 2.45) is 11.3 Å². The van der Waals surface area contributed by atoms with E-state index in [2.05, 4.69) is 15.2 Å². The second kappa shape index (κ2) is 6.37. The van der Waals surface area contributed by atoms with Crippen LogP contribution in [0, 0.1) is 11.3 Å². The number of furan rings is 1. The van der Waals surface area contributed by atoms with Gasteiger partial charge in [0.1, 0.15) is 0 Å². The van der Waals surface area contributed by atoms with Gasteiger partial charge in [-0.2, -0.15) is 0 Å². The first-order valence-corrected chi connectivity index (χ1v) is 8.26. The van der Waals surface area contributed by atoms with Crippen molar-refractivity contribution >= 4 is 5.91 Å². The molecule has 1 N–H and O–H groups in total. The van der Waals surface area contributed by atoms with E-state index in [-0.39, 0.29) is 11.8 Å².